The maximum atomic E-state index is 12.9. The predicted octanol–water partition coefficient (Wildman–Crippen LogP) is 3.91. The van der Waals surface area contributed by atoms with Gasteiger partial charge < -0.3 is 10.1 Å². The average Bonchev–Trinajstić information content (AvgIpc) is 2.89. The van der Waals surface area contributed by atoms with Gasteiger partial charge in [-0.3, -0.25) is 9.69 Å². The molecule has 0 bridgehead atoms. The van der Waals surface area contributed by atoms with Crippen LogP contribution >= 0.6 is 0 Å². The molecule has 1 amide bonds. The van der Waals surface area contributed by atoms with Gasteiger partial charge in [-0.05, 0) is 66.4 Å². The van der Waals surface area contributed by atoms with Crippen molar-refractivity contribution in [2.24, 2.45) is 0 Å². The van der Waals surface area contributed by atoms with Crippen LogP contribution in [0.25, 0.3) is 0 Å². The fourth-order valence-corrected chi connectivity index (χ4v) is 6.28. The van der Waals surface area contributed by atoms with E-state index in [1.165, 1.54) is 27.6 Å². The zero-order chi connectivity index (χ0) is 25.1. The first-order valence-electron chi connectivity index (χ1n) is 12.3. The van der Waals surface area contributed by atoms with Gasteiger partial charge in [0.1, 0.15) is 0 Å². The van der Waals surface area contributed by atoms with Crippen molar-refractivity contribution in [1.82, 2.24) is 9.21 Å². The summed E-state index contributed by atoms with van der Waals surface area (Å²) in [6.45, 7) is 5.73. The Balaban J connectivity index is 1.18. The molecule has 3 aromatic rings. The second kappa shape index (κ2) is 10.5. The minimum absolute atomic E-state index is 0.130. The smallest absolute Gasteiger partial charge is 0.255 e. The summed E-state index contributed by atoms with van der Waals surface area (Å²) < 4.78 is 32.7. The second-order valence-corrected chi connectivity index (χ2v) is 11.4. The zero-order valence-corrected chi connectivity index (χ0v) is 21.2. The molecule has 3 aromatic carbocycles. The van der Waals surface area contributed by atoms with Gasteiger partial charge in [0.15, 0.2) is 0 Å². The van der Waals surface area contributed by atoms with Crippen molar-refractivity contribution >= 4 is 21.6 Å². The molecule has 0 aromatic heterocycles. The molecule has 1 atom stereocenters. The Kier molecular flexibility index (Phi) is 7.20. The van der Waals surface area contributed by atoms with Crippen LogP contribution in [0, 0.1) is 0 Å². The fourth-order valence-electron chi connectivity index (χ4n) is 4.78. The monoisotopic (exact) mass is 505 g/mol. The number of carbonyl (C=O) groups excluding carboxylic acids is 1. The Hall–Kier alpha value is -3.04. The molecule has 0 spiro atoms. The van der Waals surface area contributed by atoms with Crippen molar-refractivity contribution in [2.45, 2.75) is 37.4 Å². The number of nitrogens with one attached hydrogen (secondary N) is 1. The number of carbonyl (C=O) groups is 1. The highest BCUT2D eigenvalue weighted by Gasteiger charge is 2.29. The van der Waals surface area contributed by atoms with E-state index in [-0.39, 0.29) is 16.9 Å². The Morgan fingerprint density at radius 3 is 2.42 bits per heavy atom. The molecule has 1 fully saturated rings. The molecule has 5 rings (SSSR count). The van der Waals surface area contributed by atoms with Crippen LogP contribution < -0.4 is 5.32 Å². The molecule has 8 heteroatoms. The molecular weight excluding hydrogens is 474 g/mol. The third-order valence-corrected chi connectivity index (χ3v) is 8.67. The van der Waals surface area contributed by atoms with E-state index in [0.717, 1.165) is 31.6 Å². The van der Waals surface area contributed by atoms with E-state index in [9.17, 15) is 13.2 Å². The molecule has 0 saturated carbocycles. The lowest BCUT2D eigenvalue weighted by atomic mass is 9.99. The number of hydrogen-bond acceptors (Lipinski definition) is 5. The first-order chi connectivity index (χ1) is 17.4. The van der Waals surface area contributed by atoms with Crippen LogP contribution in [0.15, 0.2) is 77.7 Å². The third-order valence-electron chi connectivity index (χ3n) is 6.79. The van der Waals surface area contributed by atoms with Crippen molar-refractivity contribution < 1.29 is 17.9 Å². The highest BCUT2D eigenvalue weighted by molar-refractivity contribution is 7.89. The Bertz CT molecular complexity index is 1320. The molecule has 1 saturated heterocycles. The molecule has 7 nitrogen and oxygen atoms in total. The van der Waals surface area contributed by atoms with E-state index in [1.54, 1.807) is 12.1 Å². The van der Waals surface area contributed by atoms with Crippen LogP contribution in [-0.2, 0) is 34.3 Å². The van der Waals surface area contributed by atoms with Crippen LogP contribution in [0.3, 0.4) is 0 Å². The number of ether oxygens (including phenoxy) is 1. The number of nitrogens with zero attached hydrogens (tertiary/aromatic N) is 2. The third kappa shape index (κ3) is 5.52. The van der Waals surface area contributed by atoms with Crippen molar-refractivity contribution in [3.05, 3.63) is 95.1 Å². The van der Waals surface area contributed by atoms with E-state index < -0.39 is 10.0 Å². The number of amides is 1. The first kappa shape index (κ1) is 24.6. The summed E-state index contributed by atoms with van der Waals surface area (Å²) in [5, 5.41) is 2.86. The van der Waals surface area contributed by atoms with Gasteiger partial charge in [-0.15, -0.1) is 0 Å². The minimum atomic E-state index is -3.59. The summed E-state index contributed by atoms with van der Waals surface area (Å²) in [4.78, 5) is 15.4. The molecule has 0 aliphatic carbocycles. The summed E-state index contributed by atoms with van der Waals surface area (Å²) in [5.41, 5.74) is 5.09. The summed E-state index contributed by atoms with van der Waals surface area (Å²) >= 11 is 0. The Labute approximate surface area is 212 Å². The minimum Gasteiger partial charge on any atom is -0.376 e. The molecule has 0 radical (unpaired) electrons. The van der Waals surface area contributed by atoms with Crippen molar-refractivity contribution in [2.75, 3.05) is 31.6 Å². The molecule has 36 heavy (non-hydrogen) atoms. The van der Waals surface area contributed by atoms with E-state index in [1.807, 2.05) is 31.2 Å². The van der Waals surface area contributed by atoms with Crippen molar-refractivity contribution in [3.63, 3.8) is 0 Å². The maximum Gasteiger partial charge on any atom is 0.255 e. The van der Waals surface area contributed by atoms with Crippen LogP contribution in [0.4, 0.5) is 5.69 Å². The Morgan fingerprint density at radius 1 is 0.972 bits per heavy atom. The highest BCUT2D eigenvalue weighted by Crippen LogP contribution is 2.22. The lowest BCUT2D eigenvalue weighted by Crippen LogP contribution is -2.44. The number of anilines is 1. The van der Waals surface area contributed by atoms with Crippen LogP contribution in [-0.4, -0.2) is 55.9 Å². The molecular formula is C28H31N3O4S. The topological polar surface area (TPSA) is 79.0 Å². The molecule has 2 aliphatic rings. The normalized spacial score (nSPS) is 19.0. The number of rotatable bonds is 6. The van der Waals surface area contributed by atoms with E-state index in [0.29, 0.717) is 30.9 Å². The number of morpholine rings is 1. The summed E-state index contributed by atoms with van der Waals surface area (Å²) in [6, 6.07) is 22.6. The van der Waals surface area contributed by atoms with Gasteiger partial charge in [-0.25, -0.2) is 8.42 Å². The van der Waals surface area contributed by atoms with Crippen LogP contribution in [0.5, 0.6) is 0 Å². The van der Waals surface area contributed by atoms with Gasteiger partial charge in [0.2, 0.25) is 10.0 Å². The van der Waals surface area contributed by atoms with E-state index >= 15 is 0 Å². The molecule has 188 valence electrons. The van der Waals surface area contributed by atoms with Gasteiger partial charge in [-0.1, -0.05) is 36.4 Å². The lowest BCUT2D eigenvalue weighted by molar-refractivity contribution is 0.0102. The van der Waals surface area contributed by atoms with Gasteiger partial charge >= 0.3 is 0 Å². The van der Waals surface area contributed by atoms with Gasteiger partial charge in [0, 0.05) is 44.0 Å². The highest BCUT2D eigenvalue weighted by atomic mass is 32.2. The molecule has 1 unspecified atom stereocenters. The standard InChI is InChI=1S/C28H31N3O4S/c1-21-18-31(16-17-35-21)36(33,34)27-12-10-26(11-13-27)29-28(32)24-8-6-22(7-9-24)19-30-15-14-23-4-2-3-5-25(23)20-30/h2-13,21H,14-20H2,1H3,(H,29,32). The van der Waals surface area contributed by atoms with Crippen LogP contribution in [0.2, 0.25) is 0 Å². The molecule has 1 N–H and O–H groups in total. The SMILES string of the molecule is CC1CN(S(=O)(=O)c2ccc(NC(=O)c3ccc(CN4CCc5ccccc5C4)cc3)cc2)CCO1. The molecule has 2 aliphatic heterocycles. The number of fused-ring (bicyclic) bond motifs is 1. The van der Waals surface area contributed by atoms with E-state index in [2.05, 4.69) is 34.5 Å². The number of sulfonamides is 1. The number of benzene rings is 3. The summed E-state index contributed by atoms with van der Waals surface area (Å²) in [7, 11) is -3.59. The summed E-state index contributed by atoms with van der Waals surface area (Å²) in [6.07, 6.45) is 0.928. The zero-order valence-electron chi connectivity index (χ0n) is 20.4. The number of hydrogen-bond donors (Lipinski definition) is 1. The maximum absolute atomic E-state index is 12.9. The van der Waals surface area contributed by atoms with Crippen molar-refractivity contribution in [3.8, 4) is 0 Å². The van der Waals surface area contributed by atoms with Gasteiger partial charge in [0.05, 0.1) is 17.6 Å². The molecule has 2 heterocycles. The van der Waals surface area contributed by atoms with E-state index in [4.69, 9.17) is 4.74 Å². The summed E-state index contributed by atoms with van der Waals surface area (Å²) in [5.74, 6) is -0.230. The lowest BCUT2D eigenvalue weighted by Gasteiger charge is -2.30. The average molecular weight is 506 g/mol. The Morgan fingerprint density at radius 2 is 1.69 bits per heavy atom. The van der Waals surface area contributed by atoms with Gasteiger partial charge in [-0.2, -0.15) is 4.31 Å². The van der Waals surface area contributed by atoms with Crippen molar-refractivity contribution in [1.29, 1.82) is 0 Å². The first-order valence-corrected chi connectivity index (χ1v) is 13.7. The van der Waals surface area contributed by atoms with Crippen LogP contribution in [0.1, 0.15) is 34.0 Å². The van der Waals surface area contributed by atoms with Gasteiger partial charge in [0.25, 0.3) is 5.91 Å². The quantitative estimate of drug-likeness (QED) is 0.550. The fraction of sp³-hybridized carbons (Fsp3) is 0.321. The largest absolute Gasteiger partial charge is 0.376 e. The second-order valence-electron chi connectivity index (χ2n) is 9.45. The predicted molar refractivity (Wildman–Crippen MR) is 139 cm³/mol.